The SMILES string of the molecule is COc1ccc(C(=O)O)cc1S(=O)(=O)CCc1ccsc1. The molecule has 2 aromatic rings. The molecule has 0 aliphatic carbocycles. The summed E-state index contributed by atoms with van der Waals surface area (Å²) in [7, 11) is -2.26. The Labute approximate surface area is 126 Å². The number of carboxylic acids is 1. The van der Waals surface area contributed by atoms with E-state index in [4.69, 9.17) is 9.84 Å². The third-order valence-electron chi connectivity index (χ3n) is 2.99. The molecule has 0 amide bonds. The van der Waals surface area contributed by atoms with E-state index in [-0.39, 0.29) is 22.0 Å². The molecule has 0 aliphatic heterocycles. The number of ether oxygens (including phenoxy) is 1. The van der Waals surface area contributed by atoms with Crippen LogP contribution in [0.15, 0.2) is 39.9 Å². The minimum atomic E-state index is -3.62. The minimum absolute atomic E-state index is 0.0788. The predicted molar refractivity (Wildman–Crippen MR) is 80.0 cm³/mol. The van der Waals surface area contributed by atoms with Gasteiger partial charge in [0.05, 0.1) is 18.4 Å². The van der Waals surface area contributed by atoms with Crippen molar-refractivity contribution in [1.82, 2.24) is 0 Å². The first-order valence-corrected chi connectivity index (χ1v) is 8.68. The van der Waals surface area contributed by atoms with E-state index in [2.05, 4.69) is 0 Å². The summed E-state index contributed by atoms with van der Waals surface area (Å²) in [5, 5.41) is 12.8. The number of aromatic carboxylic acids is 1. The van der Waals surface area contributed by atoms with Crippen LogP contribution in [0.5, 0.6) is 5.75 Å². The molecule has 0 saturated carbocycles. The maximum absolute atomic E-state index is 12.4. The van der Waals surface area contributed by atoms with Crippen LogP contribution in [-0.2, 0) is 16.3 Å². The van der Waals surface area contributed by atoms with Gasteiger partial charge < -0.3 is 9.84 Å². The summed E-state index contributed by atoms with van der Waals surface area (Å²) in [6.45, 7) is 0. The first kappa shape index (κ1) is 15.5. The number of hydrogen-bond acceptors (Lipinski definition) is 5. The van der Waals surface area contributed by atoms with E-state index in [1.165, 1.54) is 30.6 Å². The van der Waals surface area contributed by atoms with E-state index in [1.54, 1.807) is 0 Å². The van der Waals surface area contributed by atoms with Gasteiger partial charge in [-0.2, -0.15) is 11.3 Å². The summed E-state index contributed by atoms with van der Waals surface area (Å²) < 4.78 is 29.9. The molecule has 0 spiro atoms. The van der Waals surface area contributed by atoms with Crippen LogP contribution >= 0.6 is 11.3 Å². The summed E-state index contributed by atoms with van der Waals surface area (Å²) in [6, 6.07) is 5.69. The highest BCUT2D eigenvalue weighted by molar-refractivity contribution is 7.91. The molecule has 1 aromatic heterocycles. The van der Waals surface area contributed by atoms with Crippen LogP contribution in [0.2, 0.25) is 0 Å². The third-order valence-corrected chi connectivity index (χ3v) is 5.45. The summed E-state index contributed by atoms with van der Waals surface area (Å²) in [5.41, 5.74) is 0.863. The van der Waals surface area contributed by atoms with Crippen molar-refractivity contribution >= 4 is 27.1 Å². The summed E-state index contributed by atoms with van der Waals surface area (Å²) in [5.74, 6) is -1.11. The zero-order valence-electron chi connectivity index (χ0n) is 11.3. The Kier molecular flexibility index (Phi) is 4.64. The van der Waals surface area contributed by atoms with Gasteiger partial charge in [-0.1, -0.05) is 0 Å². The van der Waals surface area contributed by atoms with E-state index in [1.807, 2.05) is 16.8 Å². The molecule has 1 N–H and O–H groups in total. The van der Waals surface area contributed by atoms with Gasteiger partial charge in [0.2, 0.25) is 0 Å². The lowest BCUT2D eigenvalue weighted by molar-refractivity contribution is 0.0696. The lowest BCUT2D eigenvalue weighted by atomic mass is 10.2. The fourth-order valence-electron chi connectivity index (χ4n) is 1.85. The normalized spacial score (nSPS) is 11.3. The first-order chi connectivity index (χ1) is 9.94. The predicted octanol–water partition coefficient (Wildman–Crippen LogP) is 2.47. The van der Waals surface area contributed by atoms with Crippen molar-refractivity contribution in [3.05, 3.63) is 46.2 Å². The number of rotatable bonds is 6. The molecule has 112 valence electrons. The van der Waals surface area contributed by atoms with Crippen molar-refractivity contribution in [2.75, 3.05) is 12.9 Å². The van der Waals surface area contributed by atoms with Crippen LogP contribution in [0.3, 0.4) is 0 Å². The van der Waals surface area contributed by atoms with Crippen molar-refractivity contribution in [2.45, 2.75) is 11.3 Å². The highest BCUT2D eigenvalue weighted by atomic mass is 32.2. The molecule has 2 rings (SSSR count). The Morgan fingerprint density at radius 3 is 2.67 bits per heavy atom. The second-order valence-corrected chi connectivity index (χ2v) is 7.23. The average Bonchev–Trinajstić information content (AvgIpc) is 2.98. The van der Waals surface area contributed by atoms with E-state index < -0.39 is 15.8 Å². The Hall–Kier alpha value is -1.86. The van der Waals surface area contributed by atoms with Crippen LogP contribution in [0.4, 0.5) is 0 Å². The number of hydrogen-bond donors (Lipinski definition) is 1. The van der Waals surface area contributed by atoms with Gasteiger partial charge in [0.1, 0.15) is 10.6 Å². The number of methoxy groups -OCH3 is 1. The molecular weight excluding hydrogens is 312 g/mol. The van der Waals surface area contributed by atoms with Crippen LogP contribution in [-0.4, -0.2) is 32.4 Å². The fourth-order valence-corrected chi connectivity index (χ4v) is 4.04. The zero-order valence-corrected chi connectivity index (χ0v) is 12.9. The van der Waals surface area contributed by atoms with Crippen molar-refractivity contribution in [3.63, 3.8) is 0 Å². The van der Waals surface area contributed by atoms with E-state index in [0.717, 1.165) is 11.6 Å². The van der Waals surface area contributed by atoms with E-state index >= 15 is 0 Å². The van der Waals surface area contributed by atoms with Crippen LogP contribution in [0, 0.1) is 0 Å². The highest BCUT2D eigenvalue weighted by Gasteiger charge is 2.21. The molecular formula is C14H14O5S2. The molecule has 0 fully saturated rings. The number of aryl methyl sites for hydroxylation is 1. The molecule has 0 radical (unpaired) electrons. The van der Waals surface area contributed by atoms with Gasteiger partial charge in [-0.25, -0.2) is 13.2 Å². The zero-order chi connectivity index (χ0) is 15.5. The Morgan fingerprint density at radius 1 is 1.33 bits per heavy atom. The monoisotopic (exact) mass is 326 g/mol. The van der Waals surface area contributed by atoms with E-state index in [0.29, 0.717) is 6.42 Å². The largest absolute Gasteiger partial charge is 0.495 e. The summed E-state index contributed by atoms with van der Waals surface area (Å²) in [6.07, 6.45) is 0.381. The van der Waals surface area contributed by atoms with Crippen molar-refractivity contribution in [3.8, 4) is 5.75 Å². The average molecular weight is 326 g/mol. The second-order valence-electron chi connectivity index (χ2n) is 4.37. The van der Waals surface area contributed by atoms with Gasteiger partial charge in [0, 0.05) is 0 Å². The molecule has 1 heterocycles. The quantitative estimate of drug-likeness (QED) is 0.882. The Bertz CT molecular complexity index is 733. The highest BCUT2D eigenvalue weighted by Crippen LogP contribution is 2.26. The van der Waals surface area contributed by atoms with Gasteiger partial charge in [-0.05, 0) is 47.0 Å². The van der Waals surface area contributed by atoms with Crippen LogP contribution < -0.4 is 4.74 Å². The molecule has 21 heavy (non-hydrogen) atoms. The number of benzene rings is 1. The Morgan fingerprint density at radius 2 is 2.10 bits per heavy atom. The number of sulfone groups is 1. The second kappa shape index (κ2) is 6.28. The maximum atomic E-state index is 12.4. The van der Waals surface area contributed by atoms with Crippen molar-refractivity contribution in [2.24, 2.45) is 0 Å². The molecule has 0 atom stereocenters. The first-order valence-electron chi connectivity index (χ1n) is 6.09. The lowest BCUT2D eigenvalue weighted by Gasteiger charge is -2.10. The summed E-state index contributed by atoms with van der Waals surface area (Å²) in [4.78, 5) is 10.9. The van der Waals surface area contributed by atoms with Gasteiger partial charge in [0.25, 0.3) is 0 Å². The molecule has 0 saturated heterocycles. The van der Waals surface area contributed by atoms with Gasteiger partial charge in [0.15, 0.2) is 9.84 Å². The van der Waals surface area contributed by atoms with E-state index in [9.17, 15) is 13.2 Å². The minimum Gasteiger partial charge on any atom is -0.495 e. The Balaban J connectivity index is 2.33. The molecule has 0 aliphatic rings. The fraction of sp³-hybridized carbons (Fsp3) is 0.214. The van der Waals surface area contributed by atoms with Crippen molar-refractivity contribution in [1.29, 1.82) is 0 Å². The number of carboxylic acid groups (broad SMARTS) is 1. The standard InChI is InChI=1S/C14H14O5S2/c1-19-12-3-2-11(14(15)16)8-13(12)21(17,18)7-5-10-4-6-20-9-10/h2-4,6,8-9H,5,7H2,1H3,(H,15,16). The molecule has 1 aromatic carbocycles. The summed E-state index contributed by atoms with van der Waals surface area (Å²) >= 11 is 1.50. The molecule has 7 heteroatoms. The maximum Gasteiger partial charge on any atom is 0.335 e. The third kappa shape index (κ3) is 3.62. The number of carbonyl (C=O) groups is 1. The molecule has 0 bridgehead atoms. The molecule has 5 nitrogen and oxygen atoms in total. The van der Waals surface area contributed by atoms with Gasteiger partial charge >= 0.3 is 5.97 Å². The lowest BCUT2D eigenvalue weighted by Crippen LogP contribution is -2.11. The smallest absolute Gasteiger partial charge is 0.335 e. The number of thiophene rings is 1. The molecule has 0 unspecified atom stereocenters. The van der Waals surface area contributed by atoms with Crippen LogP contribution in [0.1, 0.15) is 15.9 Å². The van der Waals surface area contributed by atoms with Gasteiger partial charge in [-0.15, -0.1) is 0 Å². The van der Waals surface area contributed by atoms with Crippen LogP contribution in [0.25, 0.3) is 0 Å². The topological polar surface area (TPSA) is 80.7 Å². The van der Waals surface area contributed by atoms with Gasteiger partial charge in [-0.3, -0.25) is 0 Å². The van der Waals surface area contributed by atoms with Crippen molar-refractivity contribution < 1.29 is 23.1 Å².